The molecule has 0 aliphatic rings. The lowest BCUT2D eigenvalue weighted by molar-refractivity contribution is 0.414. The highest BCUT2D eigenvalue weighted by atomic mass is 32.2. The highest BCUT2D eigenvalue weighted by molar-refractivity contribution is 7.91. The van der Waals surface area contributed by atoms with Crippen LogP contribution in [0.1, 0.15) is 10.4 Å². The quantitative estimate of drug-likeness (QED) is 0.627. The van der Waals surface area contributed by atoms with Gasteiger partial charge in [0.15, 0.2) is 5.11 Å². The van der Waals surface area contributed by atoms with Crippen molar-refractivity contribution in [3.8, 4) is 5.75 Å². The lowest BCUT2D eigenvalue weighted by atomic mass is 10.1. The van der Waals surface area contributed by atoms with E-state index < -0.39 is 10.0 Å². The zero-order chi connectivity index (χ0) is 17.6. The molecule has 9 heteroatoms. The van der Waals surface area contributed by atoms with Crippen molar-refractivity contribution in [2.75, 3.05) is 13.7 Å². The molecule has 0 saturated heterocycles. The molecule has 6 nitrogen and oxygen atoms in total. The second-order valence-corrected chi connectivity index (χ2v) is 8.34. The summed E-state index contributed by atoms with van der Waals surface area (Å²) in [6, 6.07) is 11.1. The zero-order valence-electron chi connectivity index (χ0n) is 13.1. The van der Waals surface area contributed by atoms with E-state index in [-0.39, 0.29) is 4.21 Å². The molecule has 0 aliphatic heterocycles. The minimum atomic E-state index is -3.64. The van der Waals surface area contributed by atoms with Crippen LogP contribution in [0.5, 0.6) is 5.75 Å². The fourth-order valence-corrected chi connectivity index (χ4v) is 3.84. The third-order valence-corrected chi connectivity index (χ3v) is 6.01. The van der Waals surface area contributed by atoms with Gasteiger partial charge in [-0.2, -0.15) is 0 Å². The molecular formula is C15H19N3O3S3. The van der Waals surface area contributed by atoms with E-state index >= 15 is 0 Å². The number of thiophene rings is 1. The van der Waals surface area contributed by atoms with E-state index in [9.17, 15) is 8.42 Å². The maximum atomic E-state index is 11.2. The monoisotopic (exact) mass is 385 g/mol. The van der Waals surface area contributed by atoms with Gasteiger partial charge in [-0.25, -0.2) is 13.6 Å². The first-order chi connectivity index (χ1) is 11.4. The maximum absolute atomic E-state index is 11.2. The summed E-state index contributed by atoms with van der Waals surface area (Å²) in [7, 11) is -2.00. The van der Waals surface area contributed by atoms with Gasteiger partial charge in [0, 0.05) is 11.4 Å². The summed E-state index contributed by atoms with van der Waals surface area (Å²) in [6.45, 7) is 1.15. The number of sulfonamides is 1. The summed E-state index contributed by atoms with van der Waals surface area (Å²) in [5.74, 6) is 0.832. The van der Waals surface area contributed by atoms with Crippen molar-refractivity contribution in [3.05, 3.63) is 46.8 Å². The third-order valence-electron chi connectivity index (χ3n) is 3.20. The van der Waals surface area contributed by atoms with E-state index in [0.29, 0.717) is 18.2 Å². The van der Waals surface area contributed by atoms with E-state index in [4.69, 9.17) is 22.1 Å². The molecular weight excluding hydrogens is 366 g/mol. The van der Waals surface area contributed by atoms with Crippen molar-refractivity contribution in [2.45, 2.75) is 17.2 Å². The van der Waals surface area contributed by atoms with Crippen LogP contribution >= 0.6 is 23.6 Å². The molecule has 4 N–H and O–H groups in total. The smallest absolute Gasteiger partial charge is 0.247 e. The van der Waals surface area contributed by atoms with E-state index in [1.54, 1.807) is 13.2 Å². The first-order valence-electron chi connectivity index (χ1n) is 7.14. The average Bonchev–Trinajstić information content (AvgIpc) is 3.03. The van der Waals surface area contributed by atoms with E-state index in [1.165, 1.54) is 11.6 Å². The highest BCUT2D eigenvalue weighted by Gasteiger charge is 2.11. The fraction of sp³-hybridized carbons (Fsp3) is 0.267. The molecule has 0 fully saturated rings. The Hall–Kier alpha value is -1.68. The number of ether oxygens (including phenoxy) is 1. The van der Waals surface area contributed by atoms with Gasteiger partial charge in [0.1, 0.15) is 9.96 Å². The Kier molecular flexibility index (Phi) is 6.55. The highest BCUT2D eigenvalue weighted by Crippen LogP contribution is 2.19. The molecule has 1 aromatic heterocycles. The van der Waals surface area contributed by atoms with Gasteiger partial charge in [-0.05, 0) is 48.5 Å². The summed E-state index contributed by atoms with van der Waals surface area (Å²) < 4.78 is 27.7. The van der Waals surface area contributed by atoms with Gasteiger partial charge in [-0.15, -0.1) is 11.3 Å². The van der Waals surface area contributed by atoms with Gasteiger partial charge in [0.25, 0.3) is 0 Å². The number of rotatable bonds is 7. The summed E-state index contributed by atoms with van der Waals surface area (Å²) in [4.78, 5) is 0.846. The first kappa shape index (κ1) is 18.7. The van der Waals surface area contributed by atoms with Crippen molar-refractivity contribution < 1.29 is 13.2 Å². The molecule has 0 atom stereocenters. The van der Waals surface area contributed by atoms with Gasteiger partial charge in [-0.3, -0.25) is 0 Å². The van der Waals surface area contributed by atoms with Crippen molar-refractivity contribution in [2.24, 2.45) is 5.14 Å². The summed E-state index contributed by atoms with van der Waals surface area (Å²) in [6.07, 6.45) is 0.834. The summed E-state index contributed by atoms with van der Waals surface area (Å²) >= 11 is 6.34. The van der Waals surface area contributed by atoms with Crippen LogP contribution in [0.2, 0.25) is 0 Å². The maximum Gasteiger partial charge on any atom is 0.247 e. The minimum absolute atomic E-state index is 0.151. The second kappa shape index (κ2) is 8.43. The average molecular weight is 386 g/mol. The summed E-state index contributed by atoms with van der Waals surface area (Å²) in [5, 5.41) is 11.8. The van der Waals surface area contributed by atoms with Gasteiger partial charge in [0.2, 0.25) is 10.0 Å². The molecule has 0 aliphatic carbocycles. The SMILES string of the molecule is COc1ccc(CCNC(=S)NCc2ccc(S(N)(=O)=O)s2)cc1. The Labute approximate surface area is 151 Å². The van der Waals surface area contributed by atoms with Crippen LogP contribution in [0.3, 0.4) is 0 Å². The molecule has 2 aromatic rings. The van der Waals surface area contributed by atoms with E-state index in [0.717, 1.165) is 28.4 Å². The Morgan fingerprint density at radius 3 is 2.50 bits per heavy atom. The lowest BCUT2D eigenvalue weighted by Gasteiger charge is -2.10. The van der Waals surface area contributed by atoms with Crippen LogP contribution in [0.4, 0.5) is 0 Å². The normalized spacial score (nSPS) is 11.1. The number of methoxy groups -OCH3 is 1. The fourth-order valence-electron chi connectivity index (χ4n) is 1.95. The molecule has 1 aromatic carbocycles. The molecule has 1 heterocycles. The first-order valence-corrected chi connectivity index (χ1v) is 9.92. The van der Waals surface area contributed by atoms with Crippen LogP contribution in [0.25, 0.3) is 0 Å². The number of primary sulfonamides is 1. The topological polar surface area (TPSA) is 93.4 Å². The number of benzene rings is 1. The lowest BCUT2D eigenvalue weighted by Crippen LogP contribution is -2.35. The largest absolute Gasteiger partial charge is 0.497 e. The van der Waals surface area contributed by atoms with Crippen LogP contribution in [0, 0.1) is 0 Å². The standard InChI is InChI=1S/C15H19N3O3S3/c1-21-12-4-2-11(3-5-12)8-9-17-15(22)18-10-13-6-7-14(23-13)24(16,19)20/h2-7H,8-10H2,1H3,(H2,16,19,20)(H2,17,18,22). The van der Waals surface area contributed by atoms with E-state index in [1.807, 2.05) is 24.3 Å². The molecule has 0 saturated carbocycles. The molecule has 0 bridgehead atoms. The molecule has 0 unspecified atom stereocenters. The van der Waals surface area contributed by atoms with Crippen LogP contribution < -0.4 is 20.5 Å². The predicted octanol–water partition coefficient (Wildman–Crippen LogP) is 1.61. The van der Waals surface area contributed by atoms with Gasteiger partial charge < -0.3 is 15.4 Å². The minimum Gasteiger partial charge on any atom is -0.497 e. The van der Waals surface area contributed by atoms with Crippen LogP contribution in [-0.2, 0) is 23.0 Å². The number of nitrogens with one attached hydrogen (secondary N) is 2. The van der Waals surface area contributed by atoms with Gasteiger partial charge in [0.05, 0.1) is 13.7 Å². The number of hydrogen-bond acceptors (Lipinski definition) is 5. The Morgan fingerprint density at radius 2 is 1.92 bits per heavy atom. The van der Waals surface area contributed by atoms with Crippen LogP contribution in [0.15, 0.2) is 40.6 Å². The van der Waals surface area contributed by atoms with Crippen molar-refractivity contribution in [3.63, 3.8) is 0 Å². The molecule has 0 radical (unpaired) electrons. The van der Waals surface area contributed by atoms with Gasteiger partial charge in [-0.1, -0.05) is 12.1 Å². The second-order valence-electron chi connectivity index (χ2n) is 4.97. The Balaban J connectivity index is 1.72. The molecule has 0 spiro atoms. The van der Waals surface area contributed by atoms with Gasteiger partial charge >= 0.3 is 0 Å². The van der Waals surface area contributed by atoms with Crippen molar-refractivity contribution >= 4 is 38.7 Å². The van der Waals surface area contributed by atoms with E-state index in [2.05, 4.69) is 10.6 Å². The number of thiocarbonyl (C=S) groups is 1. The zero-order valence-corrected chi connectivity index (χ0v) is 15.6. The molecule has 24 heavy (non-hydrogen) atoms. The molecule has 0 amide bonds. The Bertz CT molecular complexity index is 786. The molecule has 2 rings (SSSR count). The van der Waals surface area contributed by atoms with Crippen molar-refractivity contribution in [1.29, 1.82) is 0 Å². The third kappa shape index (κ3) is 5.75. The van der Waals surface area contributed by atoms with Crippen LogP contribution in [-0.4, -0.2) is 27.2 Å². The molecule has 130 valence electrons. The summed E-state index contributed by atoms with van der Waals surface area (Å²) in [5.41, 5.74) is 1.18. The number of hydrogen-bond donors (Lipinski definition) is 3. The van der Waals surface area contributed by atoms with Crippen molar-refractivity contribution in [1.82, 2.24) is 10.6 Å². The number of nitrogens with two attached hydrogens (primary N) is 1. The predicted molar refractivity (Wildman–Crippen MR) is 99.8 cm³/mol. The Morgan fingerprint density at radius 1 is 1.21 bits per heavy atom.